The van der Waals surface area contributed by atoms with Crippen LogP contribution in [0.4, 0.5) is 0 Å². The molecule has 1 aromatic heterocycles. The maximum absolute atomic E-state index is 13.6. The summed E-state index contributed by atoms with van der Waals surface area (Å²) in [5.41, 5.74) is -1.27. The Balaban J connectivity index is 1.47. The number of phenolic OH excluding ortho intramolecular Hbond substituents is 4. The number of aliphatic hydroxyl groups excluding tert-OH is 6. The van der Waals surface area contributed by atoms with Gasteiger partial charge < -0.3 is 74.4 Å². The molecule has 3 heterocycles. The summed E-state index contributed by atoms with van der Waals surface area (Å²) in [5, 5.41) is 101. The molecule has 0 saturated carbocycles. The molecule has 2 saturated heterocycles. The van der Waals surface area contributed by atoms with Crippen LogP contribution >= 0.6 is 0 Å². The van der Waals surface area contributed by atoms with E-state index < -0.39 is 108 Å². The quantitative estimate of drug-likeness (QED) is 0.140. The SMILES string of the molecule is C[C@@H]1O[C@@H](Oc2c(-c3ccc(O)c(O)c3)oc3cc(O)cc(O)c3c2=O)[C@H](O)[C@H](O)[C@H]1O[C@@H]1O[C@H](CO)[C@H](O)[C@@H](O)[C@H]1O. The van der Waals surface area contributed by atoms with Gasteiger partial charge in [0.15, 0.2) is 23.5 Å². The zero-order valence-corrected chi connectivity index (χ0v) is 22.3. The third-order valence-electron chi connectivity index (χ3n) is 7.31. The van der Waals surface area contributed by atoms with Crippen molar-refractivity contribution in [3.05, 3.63) is 40.6 Å². The van der Waals surface area contributed by atoms with Gasteiger partial charge in [0.25, 0.3) is 0 Å². The molecule has 3 aromatic rings. The summed E-state index contributed by atoms with van der Waals surface area (Å²) < 4.78 is 28.0. The van der Waals surface area contributed by atoms with Gasteiger partial charge in [-0.05, 0) is 25.1 Å². The lowest BCUT2D eigenvalue weighted by molar-refractivity contribution is -0.348. The molecule has 0 aliphatic carbocycles. The van der Waals surface area contributed by atoms with E-state index in [2.05, 4.69) is 0 Å². The molecule has 0 spiro atoms. The van der Waals surface area contributed by atoms with Gasteiger partial charge >= 0.3 is 0 Å². The standard InChI is InChI=1S/C27H30O16/c1-8-23(42-27-21(37)19(35)17(33)15(7-28)41-27)20(36)22(38)26(39-8)43-25-18(34)16-13(32)5-10(29)6-14(16)40-24(25)9-2-3-11(30)12(31)4-9/h2-6,8,15,17,19-23,26-33,35-38H,7H2,1H3/t8-,15+,17-,19+,20-,21+,22+,23-,26-,27-/m0/s1. The van der Waals surface area contributed by atoms with E-state index >= 15 is 0 Å². The third kappa shape index (κ3) is 5.55. The second-order valence-electron chi connectivity index (χ2n) is 10.2. The minimum Gasteiger partial charge on any atom is -0.508 e. The lowest BCUT2D eigenvalue weighted by atomic mass is 9.97. The van der Waals surface area contributed by atoms with Crippen molar-refractivity contribution < 1.29 is 74.4 Å². The van der Waals surface area contributed by atoms with E-state index in [0.29, 0.717) is 0 Å². The van der Waals surface area contributed by atoms with E-state index in [-0.39, 0.29) is 16.9 Å². The Morgan fingerprint density at radius 1 is 0.791 bits per heavy atom. The highest BCUT2D eigenvalue weighted by Crippen LogP contribution is 2.39. The van der Waals surface area contributed by atoms with Gasteiger partial charge in [-0.25, -0.2) is 0 Å². The van der Waals surface area contributed by atoms with Crippen molar-refractivity contribution >= 4 is 11.0 Å². The average Bonchev–Trinajstić information content (AvgIpc) is 2.96. The molecular weight excluding hydrogens is 580 g/mol. The molecule has 16 heteroatoms. The summed E-state index contributed by atoms with van der Waals surface area (Å²) in [6, 6.07) is 5.32. The smallest absolute Gasteiger partial charge is 0.239 e. The van der Waals surface area contributed by atoms with Crippen LogP contribution in [0.15, 0.2) is 39.5 Å². The van der Waals surface area contributed by atoms with Crippen LogP contribution in [0.25, 0.3) is 22.3 Å². The molecule has 2 aliphatic rings. The largest absolute Gasteiger partial charge is 0.508 e. The van der Waals surface area contributed by atoms with E-state index in [9.17, 15) is 55.9 Å². The zero-order chi connectivity index (χ0) is 31.3. The van der Waals surface area contributed by atoms with E-state index in [1.807, 2.05) is 0 Å². The van der Waals surface area contributed by atoms with Gasteiger partial charge in [0, 0.05) is 17.7 Å². The molecule has 43 heavy (non-hydrogen) atoms. The minimum absolute atomic E-state index is 0.00476. The monoisotopic (exact) mass is 610 g/mol. The van der Waals surface area contributed by atoms with E-state index in [1.54, 1.807) is 0 Å². The number of fused-ring (bicyclic) bond motifs is 1. The molecule has 10 atom stereocenters. The second kappa shape index (κ2) is 11.8. The van der Waals surface area contributed by atoms with Crippen molar-refractivity contribution in [2.75, 3.05) is 6.61 Å². The molecule has 0 bridgehead atoms. The Morgan fingerprint density at radius 3 is 2.16 bits per heavy atom. The number of benzene rings is 2. The van der Waals surface area contributed by atoms with Crippen molar-refractivity contribution in [1.82, 2.24) is 0 Å². The predicted octanol–water partition coefficient (Wildman–Crippen LogP) is -1.69. The van der Waals surface area contributed by atoms with E-state index in [4.69, 9.17) is 23.4 Å². The zero-order valence-electron chi connectivity index (χ0n) is 22.3. The Morgan fingerprint density at radius 2 is 1.49 bits per heavy atom. The van der Waals surface area contributed by atoms with Gasteiger partial charge in [-0.1, -0.05) is 0 Å². The lowest BCUT2D eigenvalue weighted by Gasteiger charge is -2.45. The van der Waals surface area contributed by atoms with Gasteiger partial charge in [-0.15, -0.1) is 0 Å². The summed E-state index contributed by atoms with van der Waals surface area (Å²) >= 11 is 0. The van der Waals surface area contributed by atoms with Crippen molar-refractivity contribution in [2.45, 2.75) is 68.3 Å². The van der Waals surface area contributed by atoms with Crippen molar-refractivity contribution in [3.63, 3.8) is 0 Å². The summed E-state index contributed by atoms with van der Waals surface area (Å²) in [5.74, 6) is -3.19. The fourth-order valence-corrected chi connectivity index (χ4v) is 4.97. The van der Waals surface area contributed by atoms with Crippen LogP contribution in [0, 0.1) is 0 Å². The number of ether oxygens (including phenoxy) is 4. The highest BCUT2D eigenvalue weighted by Gasteiger charge is 2.50. The molecule has 2 aromatic carbocycles. The summed E-state index contributed by atoms with van der Waals surface area (Å²) in [7, 11) is 0. The Bertz CT molecular complexity index is 1540. The highest BCUT2D eigenvalue weighted by molar-refractivity contribution is 5.88. The van der Waals surface area contributed by atoms with Crippen LogP contribution < -0.4 is 10.2 Å². The highest BCUT2D eigenvalue weighted by atomic mass is 16.7. The van der Waals surface area contributed by atoms with Crippen LogP contribution in [0.1, 0.15) is 6.92 Å². The number of aromatic hydroxyl groups is 4. The first-order valence-electron chi connectivity index (χ1n) is 13.0. The maximum atomic E-state index is 13.6. The molecule has 2 aliphatic heterocycles. The maximum Gasteiger partial charge on any atom is 0.239 e. The number of aliphatic hydroxyl groups is 6. The summed E-state index contributed by atoms with van der Waals surface area (Å²) in [6.45, 7) is 0.657. The predicted molar refractivity (Wildman–Crippen MR) is 140 cm³/mol. The fraction of sp³-hybridized carbons (Fsp3) is 0.444. The van der Waals surface area contributed by atoms with Crippen molar-refractivity contribution in [2.24, 2.45) is 0 Å². The normalized spacial score (nSPS) is 33.0. The first-order valence-corrected chi connectivity index (χ1v) is 13.0. The number of hydrogen-bond donors (Lipinski definition) is 10. The second-order valence-corrected chi connectivity index (χ2v) is 10.2. The average molecular weight is 611 g/mol. The minimum atomic E-state index is -1.93. The van der Waals surface area contributed by atoms with Crippen LogP contribution in [0.5, 0.6) is 28.7 Å². The molecule has 0 radical (unpaired) electrons. The van der Waals surface area contributed by atoms with Gasteiger partial charge in [-0.3, -0.25) is 4.79 Å². The molecule has 2 fully saturated rings. The molecule has 234 valence electrons. The Hall–Kier alpha value is -3.71. The fourth-order valence-electron chi connectivity index (χ4n) is 4.97. The first kappa shape index (κ1) is 30.7. The van der Waals surface area contributed by atoms with Crippen molar-refractivity contribution in [3.8, 4) is 40.1 Å². The van der Waals surface area contributed by atoms with Crippen LogP contribution in [-0.4, -0.2) is 119 Å². The van der Waals surface area contributed by atoms with Crippen LogP contribution in [-0.2, 0) is 14.2 Å². The first-order chi connectivity index (χ1) is 20.3. The number of phenols is 4. The number of hydrogen-bond acceptors (Lipinski definition) is 16. The molecule has 5 rings (SSSR count). The third-order valence-corrected chi connectivity index (χ3v) is 7.31. The summed E-state index contributed by atoms with van der Waals surface area (Å²) in [4.78, 5) is 13.6. The van der Waals surface area contributed by atoms with Gasteiger partial charge in [0.05, 0.1) is 12.7 Å². The number of rotatable bonds is 6. The Labute approximate surface area is 241 Å². The lowest BCUT2D eigenvalue weighted by Crippen LogP contribution is -2.64. The van der Waals surface area contributed by atoms with Gasteiger partial charge in [0.1, 0.15) is 65.2 Å². The molecule has 0 amide bonds. The van der Waals surface area contributed by atoms with Crippen LogP contribution in [0.2, 0.25) is 0 Å². The molecule has 10 N–H and O–H groups in total. The van der Waals surface area contributed by atoms with E-state index in [1.165, 1.54) is 13.0 Å². The molecular formula is C27H30O16. The molecule has 16 nitrogen and oxygen atoms in total. The van der Waals surface area contributed by atoms with Crippen LogP contribution in [0.3, 0.4) is 0 Å². The van der Waals surface area contributed by atoms with E-state index in [0.717, 1.165) is 24.3 Å². The topological polar surface area (TPSA) is 269 Å². The van der Waals surface area contributed by atoms with Gasteiger partial charge in [0.2, 0.25) is 17.5 Å². The van der Waals surface area contributed by atoms with Crippen molar-refractivity contribution in [1.29, 1.82) is 0 Å². The summed E-state index contributed by atoms with van der Waals surface area (Å²) in [6.07, 6.45) is -16.3. The Kier molecular flexibility index (Phi) is 8.41. The molecule has 0 unspecified atom stereocenters. The van der Waals surface area contributed by atoms with Gasteiger partial charge in [-0.2, -0.15) is 0 Å².